The first-order chi connectivity index (χ1) is 27.7. The van der Waals surface area contributed by atoms with Gasteiger partial charge in [-0.25, -0.2) is 0 Å². The van der Waals surface area contributed by atoms with Gasteiger partial charge in [0.15, 0.2) is 0 Å². The Morgan fingerprint density at radius 3 is 1.27 bits per heavy atom. The fourth-order valence-electron chi connectivity index (χ4n) is 8.73. The van der Waals surface area contributed by atoms with Crippen LogP contribution in [0.2, 0.25) is 0 Å². The lowest BCUT2D eigenvalue weighted by atomic mass is 9.83. The summed E-state index contributed by atoms with van der Waals surface area (Å²) < 4.78 is 0. The SMILES string of the molecule is C/C=c1/ccc(-c2cccc3c(-c4ccc5c(-c6ccc7ccccc7c6)c6ccccc6c(-c6ccc7ccccc7c6)c5c4)cccc23)c/c1=C/C.CC. The minimum absolute atomic E-state index is 1.21. The lowest BCUT2D eigenvalue weighted by molar-refractivity contribution is 1.49. The van der Waals surface area contributed by atoms with Crippen LogP contribution in [-0.2, 0) is 0 Å². The third-order valence-electron chi connectivity index (χ3n) is 11.4. The van der Waals surface area contributed by atoms with Gasteiger partial charge in [-0.2, -0.15) is 0 Å². The molecular formula is C56H44. The Balaban J connectivity index is 0.00000202. The number of hydrogen-bond acceptors (Lipinski definition) is 0. The first-order valence-corrected chi connectivity index (χ1v) is 19.9. The Kier molecular flexibility index (Phi) is 9.25. The number of benzene rings is 10. The molecule has 0 fully saturated rings. The predicted molar refractivity (Wildman–Crippen MR) is 247 cm³/mol. The van der Waals surface area contributed by atoms with Crippen molar-refractivity contribution >= 4 is 66.0 Å². The van der Waals surface area contributed by atoms with Crippen molar-refractivity contribution in [1.29, 1.82) is 0 Å². The third kappa shape index (κ3) is 5.95. The van der Waals surface area contributed by atoms with Crippen molar-refractivity contribution in [3.8, 4) is 44.5 Å². The molecule has 0 atom stereocenters. The van der Waals surface area contributed by atoms with Crippen molar-refractivity contribution in [2.45, 2.75) is 27.7 Å². The van der Waals surface area contributed by atoms with Crippen molar-refractivity contribution in [3.63, 3.8) is 0 Å². The summed E-state index contributed by atoms with van der Waals surface area (Å²) in [6, 6.07) is 67.7. The lowest BCUT2D eigenvalue weighted by Gasteiger charge is -2.20. The van der Waals surface area contributed by atoms with Crippen molar-refractivity contribution in [2.75, 3.05) is 0 Å². The third-order valence-corrected chi connectivity index (χ3v) is 11.4. The molecule has 0 aromatic heterocycles. The molecular weight excluding hydrogens is 673 g/mol. The Hall–Kier alpha value is -6.76. The molecule has 0 saturated heterocycles. The first kappa shape index (κ1) is 35.0. The number of hydrogen-bond donors (Lipinski definition) is 0. The first-order valence-electron chi connectivity index (χ1n) is 19.9. The fourth-order valence-corrected chi connectivity index (χ4v) is 8.73. The molecule has 0 bridgehead atoms. The van der Waals surface area contributed by atoms with E-state index in [-0.39, 0.29) is 0 Å². The van der Waals surface area contributed by atoms with Crippen LogP contribution in [0.25, 0.3) is 111 Å². The van der Waals surface area contributed by atoms with Crippen LogP contribution in [0.3, 0.4) is 0 Å². The summed E-state index contributed by atoms with van der Waals surface area (Å²) in [5, 5.41) is 15.1. The highest BCUT2D eigenvalue weighted by Crippen LogP contribution is 2.46. The monoisotopic (exact) mass is 716 g/mol. The van der Waals surface area contributed by atoms with Crippen LogP contribution in [-0.4, -0.2) is 0 Å². The molecule has 0 heterocycles. The molecule has 0 heteroatoms. The highest BCUT2D eigenvalue weighted by atomic mass is 14.2. The van der Waals surface area contributed by atoms with Gasteiger partial charge in [0.2, 0.25) is 0 Å². The highest BCUT2D eigenvalue weighted by molar-refractivity contribution is 6.23. The average molecular weight is 717 g/mol. The van der Waals surface area contributed by atoms with Gasteiger partial charge in [0.25, 0.3) is 0 Å². The lowest BCUT2D eigenvalue weighted by Crippen LogP contribution is -2.23. The van der Waals surface area contributed by atoms with E-state index in [0.717, 1.165) is 0 Å². The second-order valence-corrected chi connectivity index (χ2v) is 14.3. The van der Waals surface area contributed by atoms with Gasteiger partial charge in [-0.1, -0.05) is 184 Å². The van der Waals surface area contributed by atoms with Gasteiger partial charge in [-0.05, 0) is 147 Å². The van der Waals surface area contributed by atoms with Gasteiger partial charge in [0, 0.05) is 0 Å². The maximum atomic E-state index is 2.45. The van der Waals surface area contributed by atoms with Gasteiger partial charge < -0.3 is 0 Å². The van der Waals surface area contributed by atoms with E-state index >= 15 is 0 Å². The van der Waals surface area contributed by atoms with Crippen molar-refractivity contribution in [1.82, 2.24) is 0 Å². The van der Waals surface area contributed by atoms with Crippen LogP contribution >= 0.6 is 0 Å². The zero-order valence-electron chi connectivity index (χ0n) is 32.5. The molecule has 10 aromatic rings. The molecule has 0 radical (unpaired) electrons. The Morgan fingerprint density at radius 1 is 0.286 bits per heavy atom. The summed E-state index contributed by atoms with van der Waals surface area (Å²) in [6.45, 7) is 8.22. The van der Waals surface area contributed by atoms with Crippen LogP contribution in [0.1, 0.15) is 27.7 Å². The van der Waals surface area contributed by atoms with Gasteiger partial charge in [-0.3, -0.25) is 0 Å². The summed E-state index contributed by atoms with van der Waals surface area (Å²) in [5.74, 6) is 0. The maximum Gasteiger partial charge on any atom is -0.00259 e. The molecule has 0 aliphatic rings. The molecule has 0 saturated carbocycles. The van der Waals surface area contributed by atoms with Gasteiger partial charge in [0.05, 0.1) is 0 Å². The summed E-state index contributed by atoms with van der Waals surface area (Å²) in [6.07, 6.45) is 4.38. The normalized spacial score (nSPS) is 12.1. The molecule has 0 unspecified atom stereocenters. The standard InChI is InChI=1S/C54H38.C2H6/c1-3-35-23-26-41(31-36(35)4-2)45-19-11-22-48-46(20-12-21-47(45)48)42-29-30-51-52(34-42)54(44-28-25-38-14-6-8-16-40(38)33-44)50-18-10-9-17-49(50)53(51)43-27-24-37-13-5-7-15-39(37)32-43;1-2/h3-34H,1-2H3;1-2H3/b35-3-,36-4-;. The minimum atomic E-state index is 1.21. The van der Waals surface area contributed by atoms with Crippen LogP contribution in [0, 0.1) is 0 Å². The number of rotatable bonds is 4. The zero-order chi connectivity index (χ0) is 38.2. The topological polar surface area (TPSA) is 0 Å². The predicted octanol–water partition coefficient (Wildman–Crippen LogP) is 14.7. The zero-order valence-corrected chi connectivity index (χ0v) is 32.5. The van der Waals surface area contributed by atoms with Crippen LogP contribution in [0.15, 0.2) is 182 Å². The van der Waals surface area contributed by atoms with Crippen LogP contribution in [0.4, 0.5) is 0 Å². The molecule has 56 heavy (non-hydrogen) atoms. The summed E-state index contributed by atoms with van der Waals surface area (Å²) in [4.78, 5) is 0. The molecule has 0 amide bonds. The Labute approximate surface area is 329 Å². The van der Waals surface area contributed by atoms with Gasteiger partial charge in [-0.15, -0.1) is 0 Å². The molecule has 268 valence electrons. The fraction of sp³-hybridized carbons (Fsp3) is 0.0714. The molecule has 0 aliphatic heterocycles. The van der Waals surface area contributed by atoms with Crippen molar-refractivity contribution < 1.29 is 0 Å². The molecule has 10 rings (SSSR count). The van der Waals surface area contributed by atoms with Gasteiger partial charge in [0.1, 0.15) is 0 Å². The van der Waals surface area contributed by atoms with E-state index in [9.17, 15) is 0 Å². The quantitative estimate of drug-likeness (QED) is 0.159. The Morgan fingerprint density at radius 2 is 0.714 bits per heavy atom. The maximum absolute atomic E-state index is 2.45. The molecule has 0 nitrogen and oxygen atoms in total. The van der Waals surface area contributed by atoms with Gasteiger partial charge >= 0.3 is 0 Å². The van der Waals surface area contributed by atoms with Crippen LogP contribution in [0.5, 0.6) is 0 Å². The summed E-state index contributed by atoms with van der Waals surface area (Å²) >= 11 is 0. The van der Waals surface area contributed by atoms with Crippen LogP contribution < -0.4 is 10.4 Å². The molecule has 0 aliphatic carbocycles. The summed E-state index contributed by atoms with van der Waals surface area (Å²) in [7, 11) is 0. The smallest absolute Gasteiger partial charge is 0.00259 e. The largest absolute Gasteiger partial charge is 0.0798 e. The summed E-state index contributed by atoms with van der Waals surface area (Å²) in [5.41, 5.74) is 9.95. The molecule has 10 aromatic carbocycles. The second-order valence-electron chi connectivity index (χ2n) is 14.3. The van der Waals surface area contributed by atoms with E-state index < -0.39 is 0 Å². The Bertz CT molecular complexity index is 3230. The van der Waals surface area contributed by atoms with Crippen molar-refractivity contribution in [2.24, 2.45) is 0 Å². The molecule has 0 spiro atoms. The van der Waals surface area contributed by atoms with E-state index in [1.54, 1.807) is 0 Å². The van der Waals surface area contributed by atoms with E-state index in [1.807, 2.05) is 13.8 Å². The van der Waals surface area contributed by atoms with E-state index in [0.29, 0.717) is 0 Å². The highest BCUT2D eigenvalue weighted by Gasteiger charge is 2.19. The number of fused-ring (bicyclic) bond motifs is 5. The van der Waals surface area contributed by atoms with E-state index in [4.69, 9.17) is 0 Å². The second kappa shape index (κ2) is 14.8. The van der Waals surface area contributed by atoms with E-state index in [1.165, 1.54) is 109 Å². The van der Waals surface area contributed by atoms with E-state index in [2.05, 4.69) is 208 Å². The van der Waals surface area contributed by atoms with Crippen molar-refractivity contribution in [3.05, 3.63) is 192 Å². The molecule has 0 N–H and O–H groups in total. The average Bonchev–Trinajstić information content (AvgIpc) is 3.27. The minimum Gasteiger partial charge on any atom is -0.0798 e.